The fourth-order valence-electron chi connectivity index (χ4n) is 5.54. The van der Waals surface area contributed by atoms with Gasteiger partial charge >= 0.3 is 5.76 Å². The molecular formula is C28H26ClF2N7O2. The predicted octanol–water partition coefficient (Wildman–Crippen LogP) is 6.08. The normalized spacial score (nSPS) is 19.1. The molecule has 5 aromatic rings. The zero-order chi connectivity index (χ0) is 28.0. The number of fused-ring (bicyclic) bond motifs is 1. The van der Waals surface area contributed by atoms with Gasteiger partial charge in [-0.3, -0.25) is 19.5 Å². The molecule has 1 unspecified atom stereocenters. The van der Waals surface area contributed by atoms with Gasteiger partial charge < -0.3 is 4.57 Å². The Morgan fingerprint density at radius 1 is 1.20 bits per heavy atom. The number of hydrogen-bond donors (Lipinski definition) is 1. The van der Waals surface area contributed by atoms with Crippen molar-refractivity contribution in [2.75, 3.05) is 0 Å². The van der Waals surface area contributed by atoms with Gasteiger partial charge in [-0.25, -0.2) is 23.5 Å². The third-order valence-corrected chi connectivity index (χ3v) is 7.84. The van der Waals surface area contributed by atoms with E-state index >= 15 is 4.39 Å². The number of pyridine rings is 2. The first-order valence-electron chi connectivity index (χ1n) is 13.1. The van der Waals surface area contributed by atoms with Gasteiger partial charge in [0.15, 0.2) is 5.67 Å². The minimum Gasteiger partial charge on any atom is -0.338 e. The lowest BCUT2D eigenvalue weighted by atomic mass is 9.83. The summed E-state index contributed by atoms with van der Waals surface area (Å²) in [4.78, 5) is 31.8. The summed E-state index contributed by atoms with van der Waals surface area (Å²) in [5, 5.41) is 4.11. The average Bonchev–Trinajstić information content (AvgIpc) is 3.53. The van der Waals surface area contributed by atoms with E-state index < -0.39 is 17.2 Å². The third-order valence-electron chi connectivity index (χ3n) is 7.64. The second kappa shape index (κ2) is 10.2. The van der Waals surface area contributed by atoms with E-state index in [0.717, 1.165) is 25.7 Å². The molecule has 1 saturated carbocycles. The summed E-state index contributed by atoms with van der Waals surface area (Å²) < 4.78 is 38.3. The van der Waals surface area contributed by atoms with Crippen molar-refractivity contribution >= 4 is 22.6 Å². The molecule has 1 atom stereocenters. The fourth-order valence-corrected chi connectivity index (χ4v) is 5.72. The lowest BCUT2D eigenvalue weighted by Gasteiger charge is -2.29. The standard InChI is InChI=1S/C28H26ClF2N7O2/c1-15-5-7-16(8-6-15)14-38-21(28(2,31)24-19(30)4-3-9-33-24)11-20-23(38)22(17-10-18(29)13-32-12-17)35-25(34-20)26-36-27(39)40-37-26/h3-4,9-13,15-16H,5-8,14H2,1-2H3,(H,36,37,39). The van der Waals surface area contributed by atoms with Crippen LogP contribution in [0.1, 0.15) is 50.9 Å². The maximum atomic E-state index is 16.9. The minimum absolute atomic E-state index is 0.0116. The van der Waals surface area contributed by atoms with Crippen molar-refractivity contribution in [3.63, 3.8) is 0 Å². The summed E-state index contributed by atoms with van der Waals surface area (Å²) in [6.07, 6.45) is 8.57. The Labute approximate surface area is 232 Å². The molecule has 1 N–H and O–H groups in total. The Balaban J connectivity index is 1.64. The molecule has 206 valence electrons. The van der Waals surface area contributed by atoms with Crippen LogP contribution in [-0.4, -0.2) is 34.6 Å². The van der Waals surface area contributed by atoms with Gasteiger partial charge in [0, 0.05) is 30.7 Å². The molecule has 0 saturated heterocycles. The third kappa shape index (κ3) is 4.78. The molecule has 6 rings (SSSR count). The van der Waals surface area contributed by atoms with Crippen LogP contribution in [0.5, 0.6) is 0 Å². The number of rotatable bonds is 6. The zero-order valence-electron chi connectivity index (χ0n) is 21.9. The van der Waals surface area contributed by atoms with E-state index in [0.29, 0.717) is 39.8 Å². The number of aromatic nitrogens is 7. The van der Waals surface area contributed by atoms with E-state index in [9.17, 15) is 9.18 Å². The van der Waals surface area contributed by atoms with E-state index in [2.05, 4.69) is 36.5 Å². The summed E-state index contributed by atoms with van der Waals surface area (Å²) in [6.45, 7) is 4.02. The lowest BCUT2D eigenvalue weighted by molar-refractivity contribution is 0.209. The number of hydrogen-bond acceptors (Lipinski definition) is 7. The first-order valence-corrected chi connectivity index (χ1v) is 13.5. The Hall–Kier alpha value is -3.99. The molecule has 5 heterocycles. The first kappa shape index (κ1) is 26.2. The Kier molecular flexibility index (Phi) is 6.69. The average molecular weight is 566 g/mol. The van der Waals surface area contributed by atoms with Crippen molar-refractivity contribution in [3.05, 3.63) is 75.6 Å². The van der Waals surface area contributed by atoms with Crippen LogP contribution in [0.15, 0.2) is 52.2 Å². The number of nitrogens with zero attached hydrogens (tertiary/aromatic N) is 6. The molecular weight excluding hydrogens is 540 g/mol. The van der Waals surface area contributed by atoms with E-state index in [4.69, 9.17) is 16.6 Å². The number of nitrogens with one attached hydrogen (secondary N) is 1. The van der Waals surface area contributed by atoms with Crippen LogP contribution in [-0.2, 0) is 12.2 Å². The van der Waals surface area contributed by atoms with Gasteiger partial charge in [-0.05, 0) is 55.9 Å². The van der Waals surface area contributed by atoms with Crippen molar-refractivity contribution in [1.29, 1.82) is 0 Å². The molecule has 12 heteroatoms. The smallest absolute Gasteiger partial charge is 0.338 e. The van der Waals surface area contributed by atoms with Crippen LogP contribution >= 0.6 is 11.6 Å². The number of halogens is 3. The fraction of sp³-hybridized carbons (Fsp3) is 0.357. The molecule has 1 aliphatic carbocycles. The second-order valence-electron chi connectivity index (χ2n) is 10.6. The molecule has 0 aliphatic heterocycles. The van der Waals surface area contributed by atoms with E-state index in [-0.39, 0.29) is 29.0 Å². The Morgan fingerprint density at radius 3 is 2.70 bits per heavy atom. The van der Waals surface area contributed by atoms with Crippen molar-refractivity contribution in [3.8, 4) is 22.9 Å². The molecule has 1 aliphatic rings. The molecule has 0 amide bonds. The largest absolute Gasteiger partial charge is 0.439 e. The van der Waals surface area contributed by atoms with Crippen LogP contribution < -0.4 is 5.76 Å². The Morgan fingerprint density at radius 2 is 2.00 bits per heavy atom. The highest BCUT2D eigenvalue weighted by atomic mass is 35.5. The van der Waals surface area contributed by atoms with E-state index in [1.165, 1.54) is 31.5 Å². The highest BCUT2D eigenvalue weighted by Gasteiger charge is 2.38. The van der Waals surface area contributed by atoms with Gasteiger partial charge in [-0.2, -0.15) is 0 Å². The van der Waals surface area contributed by atoms with Crippen molar-refractivity contribution in [2.45, 2.75) is 51.7 Å². The summed E-state index contributed by atoms with van der Waals surface area (Å²) in [5.41, 5.74) is -0.561. The van der Waals surface area contributed by atoms with Crippen LogP contribution in [0, 0.1) is 17.7 Å². The van der Waals surface area contributed by atoms with Crippen LogP contribution in [0.25, 0.3) is 33.9 Å². The van der Waals surface area contributed by atoms with Gasteiger partial charge in [-0.15, -0.1) is 0 Å². The molecule has 0 radical (unpaired) electrons. The number of alkyl halides is 1. The monoisotopic (exact) mass is 565 g/mol. The summed E-state index contributed by atoms with van der Waals surface area (Å²) in [5.74, 6) is -0.536. The summed E-state index contributed by atoms with van der Waals surface area (Å²) >= 11 is 6.29. The second-order valence-corrected chi connectivity index (χ2v) is 11.0. The number of H-pyrrole nitrogens is 1. The lowest BCUT2D eigenvalue weighted by Crippen LogP contribution is -2.27. The molecule has 0 bridgehead atoms. The zero-order valence-corrected chi connectivity index (χ0v) is 22.6. The Bertz CT molecular complexity index is 1760. The molecule has 0 spiro atoms. The predicted molar refractivity (Wildman–Crippen MR) is 145 cm³/mol. The maximum absolute atomic E-state index is 16.9. The summed E-state index contributed by atoms with van der Waals surface area (Å²) in [7, 11) is 0. The highest BCUT2D eigenvalue weighted by Crippen LogP contribution is 2.41. The molecule has 1 fully saturated rings. The van der Waals surface area contributed by atoms with Gasteiger partial charge in [0.1, 0.15) is 17.2 Å². The van der Waals surface area contributed by atoms with Gasteiger partial charge in [-0.1, -0.05) is 36.5 Å². The molecule has 0 aromatic carbocycles. The van der Waals surface area contributed by atoms with Crippen LogP contribution in [0.2, 0.25) is 5.02 Å². The highest BCUT2D eigenvalue weighted by molar-refractivity contribution is 6.30. The van der Waals surface area contributed by atoms with Gasteiger partial charge in [0.2, 0.25) is 11.6 Å². The van der Waals surface area contributed by atoms with Crippen molar-refractivity contribution in [1.82, 2.24) is 34.6 Å². The topological polar surface area (TPSA) is 115 Å². The molecule has 40 heavy (non-hydrogen) atoms. The van der Waals surface area contributed by atoms with E-state index in [1.54, 1.807) is 18.3 Å². The maximum Gasteiger partial charge on any atom is 0.439 e. The van der Waals surface area contributed by atoms with E-state index in [1.807, 2.05) is 4.57 Å². The molecule has 9 nitrogen and oxygen atoms in total. The van der Waals surface area contributed by atoms with Gasteiger partial charge in [0.25, 0.3) is 0 Å². The molecule has 5 aromatic heterocycles. The first-order chi connectivity index (χ1) is 19.2. The summed E-state index contributed by atoms with van der Waals surface area (Å²) in [6, 6.07) is 5.89. The van der Waals surface area contributed by atoms with Crippen LogP contribution in [0.4, 0.5) is 8.78 Å². The minimum atomic E-state index is -2.31. The quantitative estimate of drug-likeness (QED) is 0.265. The van der Waals surface area contributed by atoms with Crippen molar-refractivity contribution < 1.29 is 13.3 Å². The SMILES string of the molecule is CC1CCC(Cn2c(C(C)(F)c3ncccc3F)cc3nc(-c4noc(=O)[nH]4)nc(-c4cncc(Cl)c4)c32)CC1. The van der Waals surface area contributed by atoms with Gasteiger partial charge in [0.05, 0.1) is 21.7 Å². The van der Waals surface area contributed by atoms with Crippen molar-refractivity contribution in [2.24, 2.45) is 11.8 Å². The van der Waals surface area contributed by atoms with Crippen LogP contribution in [0.3, 0.4) is 0 Å². The number of aromatic amines is 1.